The summed E-state index contributed by atoms with van der Waals surface area (Å²) in [5.74, 6) is 0.290. The molecule has 3 aromatic carbocycles. The molecule has 3 amide bonds. The fourth-order valence-electron chi connectivity index (χ4n) is 4.56. The van der Waals surface area contributed by atoms with Gasteiger partial charge >= 0.3 is 6.03 Å². The molecule has 8 heteroatoms. The molecule has 0 aliphatic carbocycles. The van der Waals surface area contributed by atoms with Gasteiger partial charge in [-0.05, 0) is 41.8 Å². The van der Waals surface area contributed by atoms with E-state index in [0.29, 0.717) is 31.0 Å². The third-order valence-corrected chi connectivity index (χ3v) is 6.40. The first-order valence-electron chi connectivity index (χ1n) is 11.6. The van der Waals surface area contributed by atoms with Gasteiger partial charge in [0.15, 0.2) is 11.5 Å². The number of benzene rings is 3. The van der Waals surface area contributed by atoms with E-state index in [9.17, 15) is 14.0 Å². The third-order valence-electron chi connectivity index (χ3n) is 6.40. The molecule has 0 bridgehead atoms. The number of urea groups is 1. The first-order valence-corrected chi connectivity index (χ1v) is 11.6. The number of fused-ring (bicyclic) bond motifs is 1. The van der Waals surface area contributed by atoms with E-state index in [1.54, 1.807) is 17.0 Å². The summed E-state index contributed by atoms with van der Waals surface area (Å²) >= 11 is 0. The maximum absolute atomic E-state index is 14.1. The lowest BCUT2D eigenvalue weighted by Crippen LogP contribution is -2.49. The van der Waals surface area contributed by atoms with Gasteiger partial charge in [-0.25, -0.2) is 9.18 Å². The Morgan fingerprint density at radius 2 is 1.71 bits per heavy atom. The predicted octanol–water partition coefficient (Wildman–Crippen LogP) is 4.51. The van der Waals surface area contributed by atoms with Crippen molar-refractivity contribution in [1.82, 2.24) is 10.2 Å². The number of anilines is 1. The smallest absolute Gasteiger partial charge is 0.321 e. The highest BCUT2D eigenvalue weighted by atomic mass is 19.1. The summed E-state index contributed by atoms with van der Waals surface area (Å²) in [5.41, 5.74) is 2.07. The van der Waals surface area contributed by atoms with Crippen LogP contribution < -0.4 is 20.1 Å². The topological polar surface area (TPSA) is 79.9 Å². The number of likely N-dealkylation sites (tertiary alicyclic amines) is 1. The molecule has 0 radical (unpaired) electrons. The monoisotopic (exact) mass is 475 g/mol. The summed E-state index contributed by atoms with van der Waals surface area (Å²) in [7, 11) is 0. The van der Waals surface area contributed by atoms with Crippen molar-refractivity contribution in [2.45, 2.75) is 18.9 Å². The molecule has 0 aromatic heterocycles. The fourth-order valence-corrected chi connectivity index (χ4v) is 4.56. The van der Waals surface area contributed by atoms with Crippen molar-refractivity contribution < 1.29 is 23.5 Å². The average molecular weight is 476 g/mol. The van der Waals surface area contributed by atoms with Crippen molar-refractivity contribution in [2.75, 3.05) is 25.2 Å². The maximum Gasteiger partial charge on any atom is 0.321 e. The first-order chi connectivity index (χ1) is 17.1. The number of piperidine rings is 1. The van der Waals surface area contributed by atoms with Gasteiger partial charge in [-0.1, -0.05) is 48.5 Å². The van der Waals surface area contributed by atoms with Gasteiger partial charge in [0, 0.05) is 25.6 Å². The number of halogens is 1. The van der Waals surface area contributed by atoms with E-state index < -0.39 is 17.8 Å². The molecule has 0 unspecified atom stereocenters. The minimum atomic E-state index is -0.504. The molecule has 2 atom stereocenters. The first kappa shape index (κ1) is 22.7. The van der Waals surface area contributed by atoms with Crippen LogP contribution in [0.2, 0.25) is 0 Å². The van der Waals surface area contributed by atoms with Crippen LogP contribution in [0.4, 0.5) is 14.9 Å². The minimum absolute atomic E-state index is 0.0161. The molecule has 1 saturated heterocycles. The molecule has 35 heavy (non-hydrogen) atoms. The lowest BCUT2D eigenvalue weighted by Gasteiger charge is -2.37. The van der Waals surface area contributed by atoms with Crippen molar-refractivity contribution >= 4 is 17.6 Å². The number of nitrogens with zero attached hydrogens (tertiary/aromatic N) is 1. The number of nitrogens with one attached hydrogen (secondary N) is 2. The van der Waals surface area contributed by atoms with E-state index in [1.807, 2.05) is 48.5 Å². The average Bonchev–Trinajstić information content (AvgIpc) is 3.37. The van der Waals surface area contributed by atoms with Crippen molar-refractivity contribution in [3.8, 4) is 11.5 Å². The molecule has 1 fully saturated rings. The Morgan fingerprint density at radius 1 is 0.943 bits per heavy atom. The highest BCUT2D eigenvalue weighted by Crippen LogP contribution is 2.33. The van der Waals surface area contributed by atoms with Crippen molar-refractivity contribution in [3.05, 3.63) is 89.7 Å². The standard InChI is InChI=1S/C27H26FN3O4/c28-22-8-4-5-9-23(22)30-27(33)31-15-20(19-6-2-1-3-7-19)13-21(16-31)26(32)29-14-18-10-11-24-25(12-18)35-17-34-24/h1-12,20-21H,13-17H2,(H,29,32)(H,30,33)/t20-,21-/m1/s1. The predicted molar refractivity (Wildman–Crippen MR) is 129 cm³/mol. The van der Waals surface area contributed by atoms with Crippen LogP contribution in [0.5, 0.6) is 11.5 Å². The summed E-state index contributed by atoms with van der Waals surface area (Å²) < 4.78 is 24.8. The van der Waals surface area contributed by atoms with Gasteiger partial charge in [0.05, 0.1) is 11.6 Å². The maximum atomic E-state index is 14.1. The Hall–Kier alpha value is -4.07. The highest BCUT2D eigenvalue weighted by molar-refractivity contribution is 5.90. The Balaban J connectivity index is 1.29. The largest absolute Gasteiger partial charge is 0.454 e. The number of amides is 3. The number of hydrogen-bond donors (Lipinski definition) is 2. The normalized spacial score (nSPS) is 18.7. The summed E-state index contributed by atoms with van der Waals surface area (Å²) in [6, 6.07) is 21.0. The highest BCUT2D eigenvalue weighted by Gasteiger charge is 2.34. The number of rotatable bonds is 5. The van der Waals surface area contributed by atoms with E-state index in [4.69, 9.17) is 9.47 Å². The molecular weight excluding hydrogens is 449 g/mol. The quantitative estimate of drug-likeness (QED) is 0.569. The SMILES string of the molecule is O=C(NCc1ccc2c(c1)OCO2)[C@@H]1C[C@@H](c2ccccc2)CN(C(=O)Nc2ccccc2F)C1. The Morgan fingerprint density at radius 3 is 2.54 bits per heavy atom. The molecule has 2 aliphatic heterocycles. The van der Waals surface area contributed by atoms with Crippen LogP contribution in [0.25, 0.3) is 0 Å². The third kappa shape index (κ3) is 5.21. The van der Waals surface area contributed by atoms with E-state index in [0.717, 1.165) is 11.1 Å². The fraction of sp³-hybridized carbons (Fsp3) is 0.259. The molecule has 3 aromatic rings. The van der Waals surface area contributed by atoms with E-state index in [2.05, 4.69) is 10.6 Å². The van der Waals surface area contributed by atoms with Crippen LogP contribution >= 0.6 is 0 Å². The van der Waals surface area contributed by atoms with Crippen molar-refractivity contribution in [1.29, 1.82) is 0 Å². The molecule has 7 nitrogen and oxygen atoms in total. The van der Waals surface area contributed by atoms with Crippen molar-refractivity contribution in [2.24, 2.45) is 5.92 Å². The second-order valence-corrected chi connectivity index (χ2v) is 8.76. The Bertz CT molecular complexity index is 1220. The molecule has 0 saturated carbocycles. The number of carbonyl (C=O) groups excluding carboxylic acids is 2. The van der Waals surface area contributed by atoms with Crippen LogP contribution in [0, 0.1) is 11.7 Å². The summed E-state index contributed by atoms with van der Waals surface area (Å²) in [5, 5.41) is 5.64. The molecule has 2 N–H and O–H groups in total. The van der Waals surface area contributed by atoms with E-state index >= 15 is 0 Å². The molecule has 0 spiro atoms. The molecule has 5 rings (SSSR count). The number of ether oxygens (including phenoxy) is 2. The van der Waals surface area contributed by atoms with E-state index in [-0.39, 0.29) is 30.9 Å². The number of para-hydroxylation sites is 1. The van der Waals surface area contributed by atoms with Gasteiger partial charge in [0.2, 0.25) is 12.7 Å². The van der Waals surface area contributed by atoms with E-state index in [1.165, 1.54) is 12.1 Å². The van der Waals surface area contributed by atoms with Gasteiger partial charge in [-0.3, -0.25) is 4.79 Å². The molecule has 180 valence electrons. The zero-order chi connectivity index (χ0) is 24.2. The zero-order valence-electron chi connectivity index (χ0n) is 19.1. The van der Waals surface area contributed by atoms with Crippen LogP contribution in [-0.4, -0.2) is 36.7 Å². The summed E-state index contributed by atoms with van der Waals surface area (Å²) in [4.78, 5) is 27.8. The number of carbonyl (C=O) groups is 2. The van der Waals surface area contributed by atoms with Gasteiger partial charge < -0.3 is 25.0 Å². The molecule has 2 aliphatic rings. The lowest BCUT2D eigenvalue weighted by atomic mass is 9.84. The number of hydrogen-bond acceptors (Lipinski definition) is 4. The Kier molecular flexibility index (Phi) is 6.52. The Labute approximate surface area is 202 Å². The van der Waals surface area contributed by atoms with Crippen LogP contribution in [0.15, 0.2) is 72.8 Å². The van der Waals surface area contributed by atoms with Crippen LogP contribution in [0.3, 0.4) is 0 Å². The van der Waals surface area contributed by atoms with Crippen molar-refractivity contribution in [3.63, 3.8) is 0 Å². The van der Waals surface area contributed by atoms with Gasteiger partial charge in [0.25, 0.3) is 0 Å². The zero-order valence-corrected chi connectivity index (χ0v) is 19.1. The minimum Gasteiger partial charge on any atom is -0.454 e. The molecule has 2 heterocycles. The lowest BCUT2D eigenvalue weighted by molar-refractivity contribution is -0.126. The van der Waals surface area contributed by atoms with Gasteiger partial charge in [0.1, 0.15) is 5.82 Å². The second-order valence-electron chi connectivity index (χ2n) is 8.76. The van der Waals surface area contributed by atoms with Crippen LogP contribution in [0.1, 0.15) is 23.5 Å². The van der Waals surface area contributed by atoms with Crippen LogP contribution in [-0.2, 0) is 11.3 Å². The van der Waals surface area contributed by atoms with Gasteiger partial charge in [-0.15, -0.1) is 0 Å². The summed E-state index contributed by atoms with van der Waals surface area (Å²) in [6.45, 7) is 1.22. The molecular formula is C27H26FN3O4. The van der Waals surface area contributed by atoms with Gasteiger partial charge in [-0.2, -0.15) is 0 Å². The summed E-state index contributed by atoms with van der Waals surface area (Å²) in [6.07, 6.45) is 0.612. The second kappa shape index (κ2) is 10.0.